The van der Waals surface area contributed by atoms with Crippen molar-refractivity contribution in [3.05, 3.63) is 58.5 Å². The molecule has 9 heteroatoms. The molecule has 0 saturated heterocycles. The molecule has 2 aromatic carbocycles. The quantitative estimate of drug-likeness (QED) is 0.615. The van der Waals surface area contributed by atoms with E-state index in [4.69, 9.17) is 0 Å². The Bertz CT molecular complexity index is 1180. The molecule has 1 aliphatic rings. The van der Waals surface area contributed by atoms with Crippen LogP contribution in [0.1, 0.15) is 12.5 Å². The van der Waals surface area contributed by atoms with E-state index in [1.165, 1.54) is 11.8 Å². The molecular weight excluding hydrogens is 390 g/mol. The summed E-state index contributed by atoms with van der Waals surface area (Å²) in [5.41, 5.74) is 3.39. The molecule has 148 valence electrons. The number of thioether (sulfide) groups is 1. The fourth-order valence-electron chi connectivity index (χ4n) is 2.99. The number of H-pyrrole nitrogens is 2. The van der Waals surface area contributed by atoms with Crippen molar-refractivity contribution in [3.63, 3.8) is 0 Å². The Balaban J connectivity index is 1.46. The number of amidine groups is 1. The summed E-state index contributed by atoms with van der Waals surface area (Å²) in [6.07, 6.45) is 0. The number of nitrogens with one attached hydrogen (secondary N) is 3. The first-order chi connectivity index (χ1) is 13.9. The fourth-order valence-corrected chi connectivity index (χ4v) is 3.92. The molecule has 29 heavy (non-hydrogen) atoms. The lowest BCUT2D eigenvalue weighted by Gasteiger charge is -2.20. The predicted octanol–water partition coefficient (Wildman–Crippen LogP) is 2.63. The number of hydrogen-bond acceptors (Lipinski definition) is 5. The molecule has 0 spiro atoms. The molecule has 1 atom stereocenters. The molecule has 0 saturated carbocycles. The standard InChI is InChI=1S/C20H19N5O3S/c1-11-3-6-14(7-4-11)25-17(26)10-21-20(25)29-12(2)18(27)22-13-5-8-15-16(9-13)24-19(28)23-15/h3-9,12H,10H2,1-2H3,(H,22,27)(H2,23,24,28)/t12-/m1/s1. The number of anilines is 2. The molecule has 0 fully saturated rings. The first-order valence-electron chi connectivity index (χ1n) is 9.04. The van der Waals surface area contributed by atoms with E-state index in [1.54, 1.807) is 30.0 Å². The van der Waals surface area contributed by atoms with E-state index in [1.807, 2.05) is 31.2 Å². The SMILES string of the molecule is Cc1ccc(N2C(=O)CN=C2S[C@H](C)C(=O)Nc2ccc3[nH]c(=O)[nH]c3c2)cc1. The zero-order valence-electron chi connectivity index (χ0n) is 15.9. The minimum absolute atomic E-state index is 0.0715. The monoisotopic (exact) mass is 409 g/mol. The number of aromatic amines is 2. The molecule has 2 amide bonds. The Kier molecular flexibility index (Phi) is 4.98. The Hall–Kier alpha value is -3.33. The van der Waals surface area contributed by atoms with Gasteiger partial charge in [0.25, 0.3) is 5.91 Å². The van der Waals surface area contributed by atoms with Crippen molar-refractivity contribution in [3.8, 4) is 0 Å². The number of aromatic nitrogens is 2. The minimum Gasteiger partial charge on any atom is -0.325 e. The van der Waals surface area contributed by atoms with Crippen LogP contribution in [0.5, 0.6) is 0 Å². The highest BCUT2D eigenvalue weighted by Gasteiger charge is 2.30. The Morgan fingerprint density at radius 1 is 1.14 bits per heavy atom. The second-order valence-corrected chi connectivity index (χ2v) is 8.06. The highest BCUT2D eigenvalue weighted by atomic mass is 32.2. The van der Waals surface area contributed by atoms with Crippen molar-refractivity contribution in [1.82, 2.24) is 9.97 Å². The van der Waals surface area contributed by atoms with Crippen LogP contribution in [0.4, 0.5) is 11.4 Å². The van der Waals surface area contributed by atoms with Crippen molar-refractivity contribution in [1.29, 1.82) is 0 Å². The van der Waals surface area contributed by atoms with Gasteiger partial charge in [-0.05, 0) is 44.2 Å². The van der Waals surface area contributed by atoms with Gasteiger partial charge in [-0.25, -0.2) is 4.79 Å². The molecule has 3 N–H and O–H groups in total. The van der Waals surface area contributed by atoms with Crippen molar-refractivity contribution >= 4 is 51.2 Å². The van der Waals surface area contributed by atoms with Gasteiger partial charge < -0.3 is 15.3 Å². The van der Waals surface area contributed by atoms with E-state index >= 15 is 0 Å². The molecule has 1 aromatic heterocycles. The van der Waals surface area contributed by atoms with Gasteiger partial charge in [0.1, 0.15) is 6.54 Å². The summed E-state index contributed by atoms with van der Waals surface area (Å²) in [4.78, 5) is 47.5. The zero-order valence-corrected chi connectivity index (χ0v) is 16.7. The summed E-state index contributed by atoms with van der Waals surface area (Å²) in [6.45, 7) is 3.81. The van der Waals surface area contributed by atoms with E-state index in [2.05, 4.69) is 20.3 Å². The van der Waals surface area contributed by atoms with Crippen LogP contribution in [0.2, 0.25) is 0 Å². The third-order valence-corrected chi connectivity index (χ3v) is 5.61. The predicted molar refractivity (Wildman–Crippen MR) is 116 cm³/mol. The number of carbonyl (C=O) groups is 2. The summed E-state index contributed by atoms with van der Waals surface area (Å²) in [6, 6.07) is 12.7. The number of imidazole rings is 1. The van der Waals surface area contributed by atoms with Crippen LogP contribution < -0.4 is 15.9 Å². The summed E-state index contributed by atoms with van der Waals surface area (Å²) in [7, 11) is 0. The summed E-state index contributed by atoms with van der Waals surface area (Å²) >= 11 is 1.23. The highest BCUT2D eigenvalue weighted by Crippen LogP contribution is 2.27. The van der Waals surface area contributed by atoms with Gasteiger partial charge in [-0.3, -0.25) is 19.5 Å². The molecule has 8 nitrogen and oxygen atoms in total. The summed E-state index contributed by atoms with van der Waals surface area (Å²) < 4.78 is 0. The van der Waals surface area contributed by atoms with Crippen LogP contribution in [0.15, 0.2) is 52.3 Å². The first-order valence-corrected chi connectivity index (χ1v) is 9.92. The molecule has 4 rings (SSSR count). The van der Waals surface area contributed by atoms with E-state index in [-0.39, 0.29) is 24.0 Å². The lowest BCUT2D eigenvalue weighted by molar-refractivity contribution is -0.116. The van der Waals surface area contributed by atoms with Crippen LogP contribution in [0.25, 0.3) is 11.0 Å². The maximum atomic E-state index is 12.6. The Morgan fingerprint density at radius 3 is 2.62 bits per heavy atom. The Morgan fingerprint density at radius 2 is 1.86 bits per heavy atom. The van der Waals surface area contributed by atoms with Crippen molar-refractivity contribution in [2.75, 3.05) is 16.8 Å². The number of amides is 2. The van der Waals surface area contributed by atoms with Crippen LogP contribution in [-0.2, 0) is 9.59 Å². The average Bonchev–Trinajstić information content (AvgIpc) is 3.23. The van der Waals surface area contributed by atoms with Crippen molar-refractivity contribution in [2.45, 2.75) is 19.1 Å². The maximum Gasteiger partial charge on any atom is 0.323 e. The number of aliphatic imine (C=N–C) groups is 1. The number of benzene rings is 2. The number of nitrogens with zero attached hydrogens (tertiary/aromatic N) is 2. The summed E-state index contributed by atoms with van der Waals surface area (Å²) in [5, 5.41) is 2.86. The number of carbonyl (C=O) groups excluding carboxylic acids is 2. The number of fused-ring (bicyclic) bond motifs is 1. The third kappa shape index (κ3) is 3.95. The van der Waals surface area contributed by atoms with Crippen LogP contribution in [0.3, 0.4) is 0 Å². The van der Waals surface area contributed by atoms with Gasteiger partial charge in [0, 0.05) is 5.69 Å². The lowest BCUT2D eigenvalue weighted by atomic mass is 10.2. The molecule has 0 aliphatic carbocycles. The molecular formula is C20H19N5O3S. The van der Waals surface area contributed by atoms with Gasteiger partial charge in [-0.1, -0.05) is 29.5 Å². The van der Waals surface area contributed by atoms with Crippen molar-refractivity contribution in [2.24, 2.45) is 4.99 Å². The molecule has 1 aliphatic heterocycles. The van der Waals surface area contributed by atoms with Gasteiger partial charge in [0.15, 0.2) is 5.17 Å². The second-order valence-electron chi connectivity index (χ2n) is 6.75. The van der Waals surface area contributed by atoms with Crippen LogP contribution in [-0.4, -0.2) is 38.7 Å². The fraction of sp³-hybridized carbons (Fsp3) is 0.200. The van der Waals surface area contributed by atoms with Gasteiger partial charge in [0.05, 0.1) is 22.0 Å². The zero-order chi connectivity index (χ0) is 20.5. The molecule has 0 bridgehead atoms. The van der Waals surface area contributed by atoms with Crippen LogP contribution in [0, 0.1) is 6.92 Å². The van der Waals surface area contributed by atoms with E-state index in [0.717, 1.165) is 11.3 Å². The number of aryl methyl sites for hydroxylation is 1. The van der Waals surface area contributed by atoms with Gasteiger partial charge >= 0.3 is 5.69 Å². The lowest BCUT2D eigenvalue weighted by Crippen LogP contribution is -2.33. The van der Waals surface area contributed by atoms with Gasteiger partial charge in [-0.15, -0.1) is 0 Å². The molecule has 0 radical (unpaired) electrons. The molecule has 2 heterocycles. The van der Waals surface area contributed by atoms with Gasteiger partial charge in [0.2, 0.25) is 5.91 Å². The second kappa shape index (κ2) is 7.59. The highest BCUT2D eigenvalue weighted by molar-refractivity contribution is 8.15. The van der Waals surface area contributed by atoms with Crippen LogP contribution >= 0.6 is 11.8 Å². The summed E-state index contributed by atoms with van der Waals surface area (Å²) in [5.74, 6) is -0.344. The normalized spacial score (nSPS) is 14.9. The minimum atomic E-state index is -0.478. The maximum absolute atomic E-state index is 12.6. The number of rotatable bonds is 4. The number of hydrogen-bond donors (Lipinski definition) is 3. The van der Waals surface area contributed by atoms with E-state index in [0.29, 0.717) is 21.9 Å². The molecule has 3 aromatic rings. The molecule has 0 unspecified atom stereocenters. The van der Waals surface area contributed by atoms with E-state index < -0.39 is 5.25 Å². The van der Waals surface area contributed by atoms with E-state index in [9.17, 15) is 14.4 Å². The Labute approximate surface area is 170 Å². The smallest absolute Gasteiger partial charge is 0.323 e. The topological polar surface area (TPSA) is 110 Å². The largest absolute Gasteiger partial charge is 0.325 e. The average molecular weight is 409 g/mol. The first kappa shape index (κ1) is 19.0. The van der Waals surface area contributed by atoms with Crippen molar-refractivity contribution < 1.29 is 9.59 Å². The van der Waals surface area contributed by atoms with Gasteiger partial charge in [-0.2, -0.15) is 0 Å². The third-order valence-electron chi connectivity index (χ3n) is 4.52.